The van der Waals surface area contributed by atoms with E-state index in [9.17, 15) is 9.90 Å². The SMILES string of the molecule is Cc1[c]c2cc(O)c(Cl)cc2n1C(=O)c1ccc(Cl)s1. The highest BCUT2D eigenvalue weighted by molar-refractivity contribution is 7.18. The minimum absolute atomic E-state index is 0.0285. The van der Waals surface area contributed by atoms with Crippen LogP contribution in [0.3, 0.4) is 0 Å². The number of rotatable bonds is 1. The standard InChI is InChI=1S/C14H8Cl2NO2S/c1-7-4-8-5-11(18)9(15)6-10(8)17(7)14(19)12-2-3-13(16)20-12/h2-3,5-6,18H,1H3. The lowest BCUT2D eigenvalue weighted by atomic mass is 10.2. The summed E-state index contributed by atoms with van der Waals surface area (Å²) in [5, 5.41) is 10.5. The minimum atomic E-state index is -0.188. The highest BCUT2D eigenvalue weighted by Crippen LogP contribution is 2.32. The van der Waals surface area contributed by atoms with Crippen molar-refractivity contribution in [2.24, 2.45) is 0 Å². The molecule has 0 saturated heterocycles. The average molecular weight is 325 g/mol. The third-order valence-electron chi connectivity index (χ3n) is 2.94. The molecule has 1 radical (unpaired) electrons. The third kappa shape index (κ3) is 2.10. The monoisotopic (exact) mass is 324 g/mol. The molecule has 1 N–H and O–H groups in total. The molecule has 0 aliphatic rings. The van der Waals surface area contributed by atoms with Gasteiger partial charge in [-0.3, -0.25) is 9.36 Å². The van der Waals surface area contributed by atoms with Gasteiger partial charge in [-0.15, -0.1) is 11.3 Å². The van der Waals surface area contributed by atoms with E-state index in [2.05, 4.69) is 6.07 Å². The van der Waals surface area contributed by atoms with Crippen LogP contribution in [0.15, 0.2) is 24.3 Å². The molecule has 1 aromatic carbocycles. The lowest BCUT2D eigenvalue weighted by molar-refractivity contribution is 0.0967. The molecular formula is C14H8Cl2NO2S. The van der Waals surface area contributed by atoms with Crippen molar-refractivity contribution >= 4 is 51.3 Å². The number of carbonyl (C=O) groups excluding carboxylic acids is 1. The summed E-state index contributed by atoms with van der Waals surface area (Å²) in [4.78, 5) is 13.1. The Hall–Kier alpha value is -1.49. The molecule has 0 saturated carbocycles. The van der Waals surface area contributed by atoms with Crippen LogP contribution in [0.4, 0.5) is 0 Å². The van der Waals surface area contributed by atoms with E-state index < -0.39 is 0 Å². The number of carbonyl (C=O) groups is 1. The van der Waals surface area contributed by atoms with E-state index in [1.165, 1.54) is 22.0 Å². The maximum absolute atomic E-state index is 12.5. The van der Waals surface area contributed by atoms with Crippen LogP contribution in [-0.4, -0.2) is 15.6 Å². The number of nitrogens with zero attached hydrogens (tertiary/aromatic N) is 1. The zero-order valence-electron chi connectivity index (χ0n) is 10.3. The predicted octanol–water partition coefficient (Wildman–Crippen LogP) is 4.51. The Balaban J connectivity index is 2.23. The Morgan fingerprint density at radius 1 is 1.35 bits per heavy atom. The number of phenols is 1. The number of aromatic nitrogens is 1. The van der Waals surface area contributed by atoms with E-state index in [-0.39, 0.29) is 16.7 Å². The van der Waals surface area contributed by atoms with Crippen molar-refractivity contribution in [3.63, 3.8) is 0 Å². The van der Waals surface area contributed by atoms with Crippen LogP contribution >= 0.6 is 34.5 Å². The third-order valence-corrected chi connectivity index (χ3v) is 4.47. The fourth-order valence-electron chi connectivity index (χ4n) is 2.07. The second kappa shape index (κ2) is 4.81. The quantitative estimate of drug-likeness (QED) is 0.715. The molecule has 0 aliphatic heterocycles. The van der Waals surface area contributed by atoms with E-state index in [1.54, 1.807) is 25.1 Å². The summed E-state index contributed by atoms with van der Waals surface area (Å²) in [5.74, 6) is -0.216. The van der Waals surface area contributed by atoms with E-state index >= 15 is 0 Å². The van der Waals surface area contributed by atoms with Gasteiger partial charge in [0.05, 0.1) is 19.8 Å². The van der Waals surface area contributed by atoms with Crippen molar-refractivity contribution in [2.75, 3.05) is 0 Å². The zero-order valence-corrected chi connectivity index (χ0v) is 12.6. The van der Waals surface area contributed by atoms with E-state index in [1.807, 2.05) is 0 Å². The average Bonchev–Trinajstić information content (AvgIpc) is 2.93. The maximum Gasteiger partial charge on any atom is 0.272 e. The summed E-state index contributed by atoms with van der Waals surface area (Å²) in [6, 6.07) is 9.47. The topological polar surface area (TPSA) is 42.2 Å². The minimum Gasteiger partial charge on any atom is -0.506 e. The summed E-state index contributed by atoms with van der Waals surface area (Å²) in [7, 11) is 0. The zero-order chi connectivity index (χ0) is 14.4. The number of thiophene rings is 1. The Kier molecular flexibility index (Phi) is 3.24. The number of aryl methyl sites for hydroxylation is 1. The van der Waals surface area contributed by atoms with E-state index in [0.29, 0.717) is 25.8 Å². The molecule has 2 heterocycles. The number of benzene rings is 1. The molecule has 0 bridgehead atoms. The van der Waals surface area contributed by atoms with Gasteiger partial charge < -0.3 is 5.11 Å². The number of fused-ring (bicyclic) bond motifs is 1. The lowest BCUT2D eigenvalue weighted by Gasteiger charge is -2.05. The maximum atomic E-state index is 12.5. The van der Waals surface area contributed by atoms with Gasteiger partial charge in [0.15, 0.2) is 0 Å². The second-order valence-electron chi connectivity index (χ2n) is 4.28. The van der Waals surface area contributed by atoms with Crippen LogP contribution in [0.1, 0.15) is 15.4 Å². The van der Waals surface area contributed by atoms with Gasteiger partial charge in [-0.2, -0.15) is 0 Å². The Morgan fingerprint density at radius 2 is 2.10 bits per heavy atom. The predicted molar refractivity (Wildman–Crippen MR) is 81.2 cm³/mol. The van der Waals surface area contributed by atoms with Crippen LogP contribution < -0.4 is 0 Å². The molecule has 3 aromatic rings. The Morgan fingerprint density at radius 3 is 2.75 bits per heavy atom. The molecule has 2 aromatic heterocycles. The second-order valence-corrected chi connectivity index (χ2v) is 6.40. The van der Waals surface area contributed by atoms with Gasteiger partial charge in [-0.25, -0.2) is 0 Å². The smallest absolute Gasteiger partial charge is 0.272 e. The number of phenolic OH excluding ortho intramolecular Hbond substituents is 1. The van der Waals surface area contributed by atoms with Crippen molar-refractivity contribution in [2.45, 2.75) is 6.92 Å². The molecule has 20 heavy (non-hydrogen) atoms. The van der Waals surface area contributed by atoms with E-state index in [0.717, 1.165) is 0 Å². The van der Waals surface area contributed by atoms with Crippen molar-refractivity contribution in [1.82, 2.24) is 4.57 Å². The van der Waals surface area contributed by atoms with Crippen molar-refractivity contribution in [3.05, 3.63) is 50.3 Å². The van der Waals surface area contributed by atoms with Gasteiger partial charge in [-0.05, 0) is 31.2 Å². The van der Waals surface area contributed by atoms with E-state index in [4.69, 9.17) is 23.2 Å². The molecule has 101 valence electrons. The number of halogens is 2. The Labute approximate surface area is 129 Å². The van der Waals surface area contributed by atoms with Gasteiger partial charge >= 0.3 is 0 Å². The molecule has 3 nitrogen and oxygen atoms in total. The molecule has 0 fully saturated rings. The fourth-order valence-corrected chi connectivity index (χ4v) is 3.20. The largest absolute Gasteiger partial charge is 0.506 e. The van der Waals surface area contributed by atoms with Gasteiger partial charge in [0.1, 0.15) is 5.75 Å². The van der Waals surface area contributed by atoms with Gasteiger partial charge in [-0.1, -0.05) is 23.2 Å². The van der Waals surface area contributed by atoms with Gasteiger partial charge in [0, 0.05) is 17.1 Å². The first-order valence-corrected chi connectivity index (χ1v) is 7.27. The molecule has 0 spiro atoms. The molecule has 0 unspecified atom stereocenters. The summed E-state index contributed by atoms with van der Waals surface area (Å²) in [6.07, 6.45) is 0. The summed E-state index contributed by atoms with van der Waals surface area (Å²) < 4.78 is 2.07. The number of hydrogen-bond acceptors (Lipinski definition) is 3. The van der Waals surface area contributed by atoms with Gasteiger partial charge in [0.25, 0.3) is 5.91 Å². The molecule has 3 rings (SSSR count). The van der Waals surface area contributed by atoms with Crippen molar-refractivity contribution in [1.29, 1.82) is 0 Å². The molecule has 6 heteroatoms. The van der Waals surface area contributed by atoms with Crippen LogP contribution in [0.25, 0.3) is 10.9 Å². The lowest BCUT2D eigenvalue weighted by Crippen LogP contribution is -2.11. The first kappa shape index (κ1) is 13.5. The van der Waals surface area contributed by atoms with Gasteiger partial charge in [0.2, 0.25) is 0 Å². The van der Waals surface area contributed by atoms with Crippen LogP contribution in [0.5, 0.6) is 5.75 Å². The Bertz CT molecular complexity index is 835. The number of aromatic hydroxyl groups is 1. The highest BCUT2D eigenvalue weighted by Gasteiger charge is 2.18. The molecular weight excluding hydrogens is 317 g/mol. The summed E-state index contributed by atoms with van der Waals surface area (Å²) in [5.41, 5.74) is 1.26. The van der Waals surface area contributed by atoms with Crippen LogP contribution in [-0.2, 0) is 0 Å². The fraction of sp³-hybridized carbons (Fsp3) is 0.0714. The molecule has 0 atom stereocenters. The van der Waals surface area contributed by atoms with Crippen molar-refractivity contribution < 1.29 is 9.90 Å². The first-order valence-electron chi connectivity index (χ1n) is 5.70. The van der Waals surface area contributed by atoms with Crippen LogP contribution in [0, 0.1) is 13.0 Å². The number of hydrogen-bond donors (Lipinski definition) is 1. The van der Waals surface area contributed by atoms with Crippen LogP contribution in [0.2, 0.25) is 9.36 Å². The summed E-state index contributed by atoms with van der Waals surface area (Å²) in [6.45, 7) is 1.78. The highest BCUT2D eigenvalue weighted by atomic mass is 35.5. The first-order chi connectivity index (χ1) is 9.47. The van der Waals surface area contributed by atoms with Crippen molar-refractivity contribution in [3.8, 4) is 5.75 Å². The normalized spacial score (nSPS) is 11.2. The molecule has 0 aliphatic carbocycles. The summed E-state index contributed by atoms with van der Waals surface area (Å²) >= 11 is 13.0. The molecule has 0 amide bonds.